The molecule has 3 aromatic carbocycles. The van der Waals surface area contributed by atoms with E-state index in [4.69, 9.17) is 14.2 Å². The summed E-state index contributed by atoms with van der Waals surface area (Å²) in [6.45, 7) is 0. The number of methoxy groups -OCH3 is 3. The van der Waals surface area contributed by atoms with E-state index in [-0.39, 0.29) is 11.3 Å². The first-order chi connectivity index (χ1) is 13.6. The van der Waals surface area contributed by atoms with E-state index >= 15 is 0 Å². The summed E-state index contributed by atoms with van der Waals surface area (Å²) >= 11 is 0. The SMILES string of the molecule is COc1cc(C(=O)NN=Cc2c(O)ccc3ccccc23)cc(OC)c1OC. The number of rotatable bonds is 6. The molecule has 28 heavy (non-hydrogen) atoms. The Bertz CT molecular complexity index is 1020. The second kappa shape index (κ2) is 8.30. The number of ether oxygens (including phenoxy) is 3. The monoisotopic (exact) mass is 380 g/mol. The van der Waals surface area contributed by atoms with Crippen LogP contribution in [0.1, 0.15) is 15.9 Å². The molecule has 0 aliphatic carbocycles. The summed E-state index contributed by atoms with van der Waals surface area (Å²) in [7, 11) is 4.43. The van der Waals surface area contributed by atoms with Gasteiger partial charge in [0, 0.05) is 11.1 Å². The lowest BCUT2D eigenvalue weighted by molar-refractivity contribution is 0.0954. The molecule has 7 nitrogen and oxygen atoms in total. The van der Waals surface area contributed by atoms with Crippen LogP contribution in [0.25, 0.3) is 10.8 Å². The van der Waals surface area contributed by atoms with E-state index < -0.39 is 5.91 Å². The number of amides is 1. The van der Waals surface area contributed by atoms with Crippen molar-refractivity contribution >= 4 is 22.9 Å². The molecule has 3 rings (SSSR count). The van der Waals surface area contributed by atoms with Crippen molar-refractivity contribution in [2.45, 2.75) is 0 Å². The van der Waals surface area contributed by atoms with Crippen molar-refractivity contribution in [2.24, 2.45) is 5.10 Å². The molecule has 0 atom stereocenters. The largest absolute Gasteiger partial charge is 0.507 e. The Morgan fingerprint density at radius 3 is 2.32 bits per heavy atom. The number of hydrazone groups is 1. The Morgan fingerprint density at radius 2 is 1.68 bits per heavy atom. The summed E-state index contributed by atoms with van der Waals surface area (Å²) in [6, 6.07) is 14.0. The number of phenols is 1. The van der Waals surface area contributed by atoms with Crippen LogP contribution in [-0.4, -0.2) is 38.6 Å². The number of aromatic hydroxyl groups is 1. The van der Waals surface area contributed by atoms with Gasteiger partial charge in [0.2, 0.25) is 5.75 Å². The van der Waals surface area contributed by atoms with Gasteiger partial charge in [-0.05, 0) is 29.0 Å². The van der Waals surface area contributed by atoms with Crippen LogP contribution in [0.15, 0.2) is 53.6 Å². The van der Waals surface area contributed by atoms with Crippen LogP contribution in [0.4, 0.5) is 0 Å². The standard InChI is InChI=1S/C21H20N2O5/c1-26-18-10-14(11-19(27-2)20(18)28-3)21(25)23-22-12-16-15-7-5-4-6-13(15)8-9-17(16)24/h4-12,24H,1-3H3,(H,23,25). The molecular weight excluding hydrogens is 360 g/mol. The predicted octanol–water partition coefficient (Wildman–Crippen LogP) is 3.34. The molecule has 0 heterocycles. The van der Waals surface area contributed by atoms with Gasteiger partial charge in [0.25, 0.3) is 5.91 Å². The Kier molecular flexibility index (Phi) is 5.64. The number of nitrogens with zero attached hydrogens (tertiary/aromatic N) is 1. The fourth-order valence-corrected chi connectivity index (χ4v) is 2.85. The topological polar surface area (TPSA) is 89.4 Å². The van der Waals surface area contributed by atoms with Crippen LogP contribution < -0.4 is 19.6 Å². The second-order valence-corrected chi connectivity index (χ2v) is 5.83. The maximum atomic E-state index is 12.5. The summed E-state index contributed by atoms with van der Waals surface area (Å²) in [5.74, 6) is 0.732. The number of fused-ring (bicyclic) bond motifs is 1. The minimum Gasteiger partial charge on any atom is -0.507 e. The molecule has 0 radical (unpaired) electrons. The number of nitrogens with one attached hydrogen (secondary N) is 1. The third kappa shape index (κ3) is 3.68. The number of hydrogen-bond acceptors (Lipinski definition) is 6. The fourth-order valence-electron chi connectivity index (χ4n) is 2.85. The summed E-state index contributed by atoms with van der Waals surface area (Å²) in [4.78, 5) is 12.5. The van der Waals surface area contributed by atoms with E-state index in [1.807, 2.05) is 30.3 Å². The molecule has 0 spiro atoms. The van der Waals surface area contributed by atoms with E-state index in [0.29, 0.717) is 22.8 Å². The average molecular weight is 380 g/mol. The van der Waals surface area contributed by atoms with Crippen molar-refractivity contribution in [3.63, 3.8) is 0 Å². The zero-order valence-electron chi connectivity index (χ0n) is 15.7. The molecule has 0 aliphatic heterocycles. The fraction of sp³-hybridized carbons (Fsp3) is 0.143. The van der Waals surface area contributed by atoms with Crippen molar-refractivity contribution in [1.29, 1.82) is 0 Å². The number of carbonyl (C=O) groups excluding carboxylic acids is 1. The molecule has 0 bridgehead atoms. The van der Waals surface area contributed by atoms with Crippen LogP contribution in [0.2, 0.25) is 0 Å². The zero-order chi connectivity index (χ0) is 20.1. The average Bonchev–Trinajstić information content (AvgIpc) is 2.73. The molecule has 7 heteroatoms. The van der Waals surface area contributed by atoms with E-state index in [2.05, 4.69) is 10.5 Å². The van der Waals surface area contributed by atoms with E-state index in [9.17, 15) is 9.90 Å². The molecule has 0 unspecified atom stereocenters. The molecule has 1 amide bonds. The minimum absolute atomic E-state index is 0.0736. The molecule has 3 aromatic rings. The summed E-state index contributed by atoms with van der Waals surface area (Å²) in [6.07, 6.45) is 1.41. The molecule has 0 aromatic heterocycles. The lowest BCUT2D eigenvalue weighted by Gasteiger charge is -2.13. The Balaban J connectivity index is 1.86. The lowest BCUT2D eigenvalue weighted by atomic mass is 10.0. The van der Waals surface area contributed by atoms with Gasteiger partial charge < -0.3 is 19.3 Å². The van der Waals surface area contributed by atoms with Crippen LogP contribution in [0.5, 0.6) is 23.0 Å². The number of benzene rings is 3. The van der Waals surface area contributed by atoms with E-state index in [0.717, 1.165) is 10.8 Å². The molecule has 2 N–H and O–H groups in total. The van der Waals surface area contributed by atoms with Gasteiger partial charge in [0.1, 0.15) is 5.75 Å². The van der Waals surface area contributed by atoms with Gasteiger partial charge in [-0.2, -0.15) is 5.10 Å². The quantitative estimate of drug-likeness (QED) is 0.506. The molecule has 0 fully saturated rings. The third-order valence-electron chi connectivity index (χ3n) is 4.23. The first-order valence-corrected chi connectivity index (χ1v) is 8.43. The van der Waals surface area contributed by atoms with Crippen molar-refractivity contribution in [3.8, 4) is 23.0 Å². The van der Waals surface area contributed by atoms with Crippen LogP contribution in [-0.2, 0) is 0 Å². The number of hydrogen-bond donors (Lipinski definition) is 2. The van der Waals surface area contributed by atoms with Crippen LogP contribution in [0.3, 0.4) is 0 Å². The first-order valence-electron chi connectivity index (χ1n) is 8.43. The molecule has 0 saturated carbocycles. The molecule has 0 saturated heterocycles. The maximum absolute atomic E-state index is 12.5. The molecular formula is C21H20N2O5. The van der Waals surface area contributed by atoms with Crippen molar-refractivity contribution in [1.82, 2.24) is 5.43 Å². The first kappa shape index (κ1) is 19.0. The highest BCUT2D eigenvalue weighted by molar-refractivity contribution is 6.03. The minimum atomic E-state index is -0.463. The smallest absolute Gasteiger partial charge is 0.271 e. The van der Waals surface area contributed by atoms with Gasteiger partial charge in [-0.1, -0.05) is 30.3 Å². The van der Waals surface area contributed by atoms with Crippen LogP contribution >= 0.6 is 0 Å². The van der Waals surface area contributed by atoms with Crippen molar-refractivity contribution in [2.75, 3.05) is 21.3 Å². The van der Waals surface area contributed by atoms with Gasteiger partial charge >= 0.3 is 0 Å². The van der Waals surface area contributed by atoms with Gasteiger partial charge in [-0.25, -0.2) is 5.43 Å². The number of phenolic OH excluding ortho intramolecular Hbond substituents is 1. The maximum Gasteiger partial charge on any atom is 0.271 e. The van der Waals surface area contributed by atoms with Crippen molar-refractivity contribution < 1.29 is 24.1 Å². The lowest BCUT2D eigenvalue weighted by Crippen LogP contribution is -2.18. The Hall–Kier alpha value is -3.74. The zero-order valence-corrected chi connectivity index (χ0v) is 15.7. The van der Waals surface area contributed by atoms with Crippen LogP contribution in [0, 0.1) is 0 Å². The van der Waals surface area contributed by atoms with Gasteiger partial charge in [-0.15, -0.1) is 0 Å². The summed E-state index contributed by atoms with van der Waals surface area (Å²) < 4.78 is 15.7. The summed E-state index contributed by atoms with van der Waals surface area (Å²) in [5.41, 5.74) is 3.25. The molecule has 0 aliphatic rings. The third-order valence-corrected chi connectivity index (χ3v) is 4.23. The second-order valence-electron chi connectivity index (χ2n) is 5.83. The Morgan fingerprint density at radius 1 is 1.00 bits per heavy atom. The highest BCUT2D eigenvalue weighted by Gasteiger charge is 2.16. The highest BCUT2D eigenvalue weighted by Crippen LogP contribution is 2.38. The highest BCUT2D eigenvalue weighted by atomic mass is 16.5. The summed E-state index contributed by atoms with van der Waals surface area (Å²) in [5, 5.41) is 15.9. The van der Waals surface area contributed by atoms with Gasteiger partial charge in [-0.3, -0.25) is 4.79 Å². The van der Waals surface area contributed by atoms with Crippen molar-refractivity contribution in [3.05, 3.63) is 59.7 Å². The predicted molar refractivity (Wildman–Crippen MR) is 107 cm³/mol. The molecule has 144 valence electrons. The van der Waals surface area contributed by atoms with E-state index in [1.165, 1.54) is 39.7 Å². The Labute approximate surface area is 162 Å². The normalized spacial score (nSPS) is 10.8. The van der Waals surface area contributed by atoms with Gasteiger partial charge in [0.15, 0.2) is 11.5 Å². The van der Waals surface area contributed by atoms with Gasteiger partial charge in [0.05, 0.1) is 27.5 Å². The number of carbonyl (C=O) groups is 1. The van der Waals surface area contributed by atoms with E-state index in [1.54, 1.807) is 6.07 Å².